The molecule has 2 aromatic carbocycles. The van der Waals surface area contributed by atoms with E-state index in [2.05, 4.69) is 4.98 Å². The average molecular weight is 534 g/mol. The van der Waals surface area contributed by atoms with Crippen LogP contribution >= 0.6 is 11.6 Å². The van der Waals surface area contributed by atoms with E-state index >= 15 is 0 Å². The zero-order chi connectivity index (χ0) is 26.0. The molecule has 0 aliphatic carbocycles. The molecule has 1 aromatic heterocycles. The smallest absolute Gasteiger partial charge is 0.341 e. The van der Waals surface area contributed by atoms with Gasteiger partial charge in [0.1, 0.15) is 17.1 Å². The summed E-state index contributed by atoms with van der Waals surface area (Å²) in [7, 11) is -2.81. The molecule has 1 atom stereocenters. The summed E-state index contributed by atoms with van der Waals surface area (Å²) in [6.45, 7) is 1.87. The number of rotatable bonds is 6. The first-order valence-corrected chi connectivity index (χ1v) is 12.9. The third-order valence-corrected chi connectivity index (χ3v) is 8.01. The Bertz CT molecular complexity index is 1530. The van der Waals surface area contributed by atoms with Crippen LogP contribution < -0.4 is 16.0 Å². The third kappa shape index (κ3) is 5.23. The summed E-state index contributed by atoms with van der Waals surface area (Å²) in [6, 6.07) is 9.91. The number of halogens is 1. The second-order valence-corrected chi connectivity index (χ2v) is 10.7. The summed E-state index contributed by atoms with van der Waals surface area (Å²) in [5, 5.41) is 0.406. The van der Waals surface area contributed by atoms with E-state index in [4.69, 9.17) is 21.1 Å². The number of piperidine rings is 1. The molecule has 1 aliphatic heterocycles. The first-order valence-electron chi connectivity index (χ1n) is 11.1. The lowest BCUT2D eigenvalue weighted by Crippen LogP contribution is -2.44. The molecule has 1 N–H and O–H groups in total. The molecule has 0 unspecified atom stereocenters. The van der Waals surface area contributed by atoms with Crippen molar-refractivity contribution in [3.8, 4) is 11.5 Å². The van der Waals surface area contributed by atoms with Crippen LogP contribution in [0.4, 0.5) is 0 Å². The zero-order valence-corrected chi connectivity index (χ0v) is 21.1. The summed E-state index contributed by atoms with van der Waals surface area (Å²) < 4.78 is 40.4. The van der Waals surface area contributed by atoms with E-state index < -0.39 is 33.3 Å². The van der Waals surface area contributed by atoms with Gasteiger partial charge in [0.2, 0.25) is 10.0 Å². The van der Waals surface area contributed by atoms with Crippen LogP contribution in [0.2, 0.25) is 5.02 Å². The van der Waals surface area contributed by atoms with Crippen molar-refractivity contribution in [2.75, 3.05) is 20.2 Å². The number of hydrogen-bond acceptors (Lipinski definition) is 7. The van der Waals surface area contributed by atoms with Crippen LogP contribution in [-0.2, 0) is 14.8 Å². The molecule has 1 saturated heterocycles. The fraction of sp³-hybridized carbons (Fsp3) is 0.292. The SMILES string of the molecule is COC(=O)c1ccc(S(=O)(=O)N2CCC[C@H](n3cc(C)c(=O)[nH]c3=O)C2)cc1Oc1cccc(Cl)c1. The van der Waals surface area contributed by atoms with Gasteiger partial charge in [-0.25, -0.2) is 18.0 Å². The molecular formula is C24H24ClN3O7S. The number of sulfonamides is 1. The highest BCUT2D eigenvalue weighted by atomic mass is 35.5. The predicted octanol–water partition coefficient (Wildman–Crippen LogP) is 3.10. The number of aromatic nitrogens is 2. The quantitative estimate of drug-likeness (QED) is 0.482. The average Bonchev–Trinajstić information content (AvgIpc) is 2.86. The molecule has 4 rings (SSSR count). The van der Waals surface area contributed by atoms with Gasteiger partial charge in [0.05, 0.1) is 18.0 Å². The van der Waals surface area contributed by atoms with Crippen molar-refractivity contribution in [3.63, 3.8) is 0 Å². The predicted molar refractivity (Wildman–Crippen MR) is 132 cm³/mol. The largest absolute Gasteiger partial charge is 0.465 e. The van der Waals surface area contributed by atoms with Crippen LogP contribution in [-0.4, -0.2) is 48.4 Å². The topological polar surface area (TPSA) is 128 Å². The lowest BCUT2D eigenvalue weighted by molar-refractivity contribution is 0.0597. The van der Waals surface area contributed by atoms with Crippen LogP contribution in [0.1, 0.15) is 34.8 Å². The van der Waals surface area contributed by atoms with Crippen LogP contribution in [0.3, 0.4) is 0 Å². The monoisotopic (exact) mass is 533 g/mol. The second-order valence-electron chi connectivity index (χ2n) is 8.35. The lowest BCUT2D eigenvalue weighted by Gasteiger charge is -2.33. The van der Waals surface area contributed by atoms with Crippen LogP contribution in [0.15, 0.2) is 63.1 Å². The molecule has 0 bridgehead atoms. The first kappa shape index (κ1) is 25.7. The number of aromatic amines is 1. The standard InChI is InChI=1S/C24H24ClN3O7S/c1-15-13-28(24(31)26-22(15)29)17-6-4-10-27(14-17)36(32,33)19-8-9-20(23(30)34-2)21(12-19)35-18-7-3-5-16(25)11-18/h3,5,7-9,11-13,17H,4,6,10,14H2,1-2H3,(H,26,29,31)/t17-/m0/s1. The first-order chi connectivity index (χ1) is 17.1. The maximum atomic E-state index is 13.6. The zero-order valence-electron chi connectivity index (χ0n) is 19.6. The minimum Gasteiger partial charge on any atom is -0.465 e. The number of nitrogens with zero attached hydrogens (tertiary/aromatic N) is 2. The highest BCUT2D eigenvalue weighted by Gasteiger charge is 2.32. The van der Waals surface area contributed by atoms with Gasteiger partial charge in [-0.1, -0.05) is 17.7 Å². The van der Waals surface area contributed by atoms with Crippen molar-refractivity contribution in [2.24, 2.45) is 0 Å². The van der Waals surface area contributed by atoms with E-state index in [0.29, 0.717) is 29.2 Å². The third-order valence-electron chi connectivity index (χ3n) is 5.92. The molecule has 1 fully saturated rings. The molecular weight excluding hydrogens is 510 g/mol. The normalized spacial score (nSPS) is 16.5. The highest BCUT2D eigenvalue weighted by molar-refractivity contribution is 7.89. The molecule has 2 heterocycles. The van der Waals surface area contributed by atoms with Crippen LogP contribution in [0.25, 0.3) is 0 Å². The van der Waals surface area contributed by atoms with E-state index in [1.54, 1.807) is 25.1 Å². The van der Waals surface area contributed by atoms with Crippen molar-refractivity contribution < 1.29 is 22.7 Å². The van der Waals surface area contributed by atoms with Gasteiger partial charge in [-0.15, -0.1) is 0 Å². The Morgan fingerprint density at radius 3 is 2.67 bits per heavy atom. The summed E-state index contributed by atoms with van der Waals surface area (Å²) in [4.78, 5) is 38.6. The van der Waals surface area contributed by atoms with Gasteiger partial charge >= 0.3 is 11.7 Å². The molecule has 0 saturated carbocycles. The van der Waals surface area contributed by atoms with E-state index in [-0.39, 0.29) is 29.3 Å². The van der Waals surface area contributed by atoms with Gasteiger partial charge in [0.25, 0.3) is 5.56 Å². The number of methoxy groups -OCH3 is 1. The number of carbonyl (C=O) groups excluding carboxylic acids is 1. The Balaban J connectivity index is 1.68. The number of H-pyrrole nitrogens is 1. The maximum absolute atomic E-state index is 13.6. The maximum Gasteiger partial charge on any atom is 0.341 e. The molecule has 36 heavy (non-hydrogen) atoms. The van der Waals surface area contributed by atoms with Crippen molar-refractivity contribution in [3.05, 3.63) is 85.6 Å². The Hall–Kier alpha value is -3.41. The second kappa shape index (κ2) is 10.3. The Kier molecular flexibility index (Phi) is 7.34. The van der Waals surface area contributed by atoms with Gasteiger partial charge in [-0.3, -0.25) is 14.3 Å². The van der Waals surface area contributed by atoms with Crippen molar-refractivity contribution in [1.29, 1.82) is 0 Å². The molecule has 3 aromatic rings. The number of hydrogen-bond donors (Lipinski definition) is 1. The molecule has 0 radical (unpaired) electrons. The number of benzene rings is 2. The number of aryl methyl sites for hydroxylation is 1. The van der Waals surface area contributed by atoms with Crippen LogP contribution in [0.5, 0.6) is 11.5 Å². The Labute approximate surface area is 212 Å². The number of ether oxygens (including phenoxy) is 2. The summed E-state index contributed by atoms with van der Waals surface area (Å²) in [5.41, 5.74) is -0.664. The van der Waals surface area contributed by atoms with Crippen molar-refractivity contribution >= 4 is 27.6 Å². The summed E-state index contributed by atoms with van der Waals surface area (Å²) in [6.07, 6.45) is 2.53. The minimum atomic E-state index is -4.02. The lowest BCUT2D eigenvalue weighted by atomic mass is 10.1. The summed E-state index contributed by atoms with van der Waals surface area (Å²) >= 11 is 6.02. The molecule has 12 heteroatoms. The highest BCUT2D eigenvalue weighted by Crippen LogP contribution is 2.32. The van der Waals surface area contributed by atoms with Gasteiger partial charge in [-0.2, -0.15) is 4.31 Å². The van der Waals surface area contributed by atoms with Gasteiger partial charge < -0.3 is 9.47 Å². The van der Waals surface area contributed by atoms with Crippen LogP contribution in [0, 0.1) is 6.92 Å². The molecule has 190 valence electrons. The number of esters is 1. The van der Waals surface area contributed by atoms with Crippen molar-refractivity contribution in [2.45, 2.75) is 30.7 Å². The number of nitrogens with one attached hydrogen (secondary N) is 1. The fourth-order valence-corrected chi connectivity index (χ4v) is 5.77. The minimum absolute atomic E-state index is 0.00812. The number of carbonyl (C=O) groups is 1. The summed E-state index contributed by atoms with van der Waals surface area (Å²) in [5.74, 6) is -0.388. The van der Waals surface area contributed by atoms with Gasteiger partial charge in [-0.05, 0) is 50.1 Å². The van der Waals surface area contributed by atoms with E-state index in [1.165, 1.54) is 46.4 Å². The Morgan fingerprint density at radius 1 is 1.17 bits per heavy atom. The molecule has 10 nitrogen and oxygen atoms in total. The van der Waals surface area contributed by atoms with Gasteiger partial charge in [0, 0.05) is 35.9 Å². The van der Waals surface area contributed by atoms with E-state index in [9.17, 15) is 22.8 Å². The van der Waals surface area contributed by atoms with E-state index in [1.807, 2.05) is 0 Å². The Morgan fingerprint density at radius 2 is 1.94 bits per heavy atom. The van der Waals surface area contributed by atoms with E-state index in [0.717, 1.165) is 0 Å². The van der Waals surface area contributed by atoms with Crippen molar-refractivity contribution in [1.82, 2.24) is 13.9 Å². The molecule has 0 amide bonds. The van der Waals surface area contributed by atoms with Gasteiger partial charge in [0.15, 0.2) is 0 Å². The fourth-order valence-electron chi connectivity index (χ4n) is 4.06. The molecule has 0 spiro atoms. The molecule has 1 aliphatic rings.